The van der Waals surface area contributed by atoms with Crippen LogP contribution in [0.25, 0.3) is 11.1 Å². The second-order valence-corrected chi connectivity index (χ2v) is 4.05. The SMILES string of the molecule is Cc1cccc(-c2cccc(C)c2)c1.N=C=O.N=C=O.N=C=O. The minimum absolute atomic E-state index is 0.750. The van der Waals surface area contributed by atoms with Crippen LogP contribution < -0.4 is 0 Å². The first-order valence-electron chi connectivity index (χ1n) is 6.26. The molecular formula is C17H17N3O3. The summed E-state index contributed by atoms with van der Waals surface area (Å²) in [6.07, 6.45) is 2.25. The zero-order valence-corrected chi connectivity index (χ0v) is 12.8. The quantitative estimate of drug-likeness (QED) is 0.549. The first-order chi connectivity index (χ1) is 11.0. The topological polar surface area (TPSA) is 123 Å². The van der Waals surface area contributed by atoms with Gasteiger partial charge in [0, 0.05) is 0 Å². The minimum Gasteiger partial charge on any atom is -0.222 e. The average Bonchev–Trinajstić information content (AvgIpc) is 2.50. The second kappa shape index (κ2) is 15.0. The molecule has 0 unspecified atom stereocenters. The standard InChI is InChI=1S/C14H14.3CHNO/c1-11-5-3-7-13(9-11)14-8-4-6-12(2)10-14;3*2-1-3/h3-10H,1-2H3;3*2H. The Balaban J connectivity index is 0. The van der Waals surface area contributed by atoms with Gasteiger partial charge in [0.25, 0.3) is 0 Å². The van der Waals surface area contributed by atoms with Gasteiger partial charge in [0.2, 0.25) is 18.2 Å². The van der Waals surface area contributed by atoms with Crippen molar-refractivity contribution in [1.29, 1.82) is 16.2 Å². The van der Waals surface area contributed by atoms with E-state index in [0.717, 1.165) is 18.2 Å². The number of carbonyl (C=O) groups excluding carboxylic acids is 3. The molecule has 2 rings (SSSR count). The van der Waals surface area contributed by atoms with E-state index in [4.69, 9.17) is 30.6 Å². The van der Waals surface area contributed by atoms with Crippen molar-refractivity contribution in [3.63, 3.8) is 0 Å². The molecule has 0 heterocycles. The van der Waals surface area contributed by atoms with Crippen LogP contribution in [0.5, 0.6) is 0 Å². The predicted octanol–water partition coefficient (Wildman–Crippen LogP) is 3.67. The van der Waals surface area contributed by atoms with E-state index in [2.05, 4.69) is 62.4 Å². The van der Waals surface area contributed by atoms with Crippen LogP contribution >= 0.6 is 0 Å². The lowest BCUT2D eigenvalue weighted by molar-refractivity contribution is 0.562. The van der Waals surface area contributed by atoms with E-state index in [1.54, 1.807) is 0 Å². The lowest BCUT2D eigenvalue weighted by atomic mass is 10.0. The van der Waals surface area contributed by atoms with E-state index >= 15 is 0 Å². The van der Waals surface area contributed by atoms with E-state index in [-0.39, 0.29) is 0 Å². The van der Waals surface area contributed by atoms with Crippen molar-refractivity contribution in [1.82, 2.24) is 0 Å². The van der Waals surface area contributed by atoms with Crippen LogP contribution in [0.1, 0.15) is 11.1 Å². The van der Waals surface area contributed by atoms with Crippen molar-refractivity contribution in [2.45, 2.75) is 13.8 Å². The smallest absolute Gasteiger partial charge is 0.222 e. The van der Waals surface area contributed by atoms with Gasteiger partial charge in [-0.15, -0.1) is 0 Å². The first kappa shape index (κ1) is 21.9. The molecule has 2 aromatic rings. The number of hydrogen-bond donors (Lipinski definition) is 3. The summed E-state index contributed by atoms with van der Waals surface area (Å²) in [5, 5.41) is 16.2. The zero-order chi connectivity index (χ0) is 18.1. The molecule has 0 saturated carbocycles. The molecule has 0 radical (unpaired) electrons. The summed E-state index contributed by atoms with van der Waals surface area (Å²) >= 11 is 0. The Morgan fingerprint density at radius 2 is 0.913 bits per heavy atom. The number of nitrogens with one attached hydrogen (secondary N) is 3. The van der Waals surface area contributed by atoms with Crippen LogP contribution in [0.3, 0.4) is 0 Å². The number of aryl methyl sites for hydroxylation is 2. The van der Waals surface area contributed by atoms with E-state index in [1.807, 2.05) is 0 Å². The van der Waals surface area contributed by atoms with Crippen LogP contribution in [-0.2, 0) is 14.4 Å². The molecule has 0 atom stereocenters. The number of isocyanates is 3. The summed E-state index contributed by atoms with van der Waals surface area (Å²) in [5.74, 6) is 0. The van der Waals surface area contributed by atoms with E-state index in [1.165, 1.54) is 22.3 Å². The Hall–Kier alpha value is -3.42. The summed E-state index contributed by atoms with van der Waals surface area (Å²) in [6, 6.07) is 17.2. The molecule has 0 aliphatic heterocycles. The molecule has 0 spiro atoms. The molecule has 6 heteroatoms. The molecular weight excluding hydrogens is 294 g/mol. The largest absolute Gasteiger partial charge is 0.231 e. The molecule has 0 amide bonds. The number of hydrogen-bond acceptors (Lipinski definition) is 6. The predicted molar refractivity (Wildman–Crippen MR) is 86.6 cm³/mol. The van der Waals surface area contributed by atoms with Gasteiger partial charge in [-0.05, 0) is 25.0 Å². The van der Waals surface area contributed by atoms with Gasteiger partial charge < -0.3 is 0 Å². The van der Waals surface area contributed by atoms with Gasteiger partial charge in [0.15, 0.2) is 0 Å². The fraction of sp³-hybridized carbons (Fsp3) is 0.118. The maximum Gasteiger partial charge on any atom is 0.231 e. The molecule has 118 valence electrons. The fourth-order valence-corrected chi connectivity index (χ4v) is 1.65. The lowest BCUT2D eigenvalue weighted by Crippen LogP contribution is -1.80. The zero-order valence-electron chi connectivity index (χ0n) is 12.8. The van der Waals surface area contributed by atoms with Crippen molar-refractivity contribution >= 4 is 18.2 Å². The molecule has 6 nitrogen and oxygen atoms in total. The van der Waals surface area contributed by atoms with Crippen molar-refractivity contribution in [3.8, 4) is 11.1 Å². The van der Waals surface area contributed by atoms with E-state index < -0.39 is 0 Å². The van der Waals surface area contributed by atoms with Gasteiger partial charge in [0.1, 0.15) is 0 Å². The van der Waals surface area contributed by atoms with Crippen molar-refractivity contribution in [2.75, 3.05) is 0 Å². The minimum atomic E-state index is 0.750. The van der Waals surface area contributed by atoms with Crippen LogP contribution in [0.15, 0.2) is 48.5 Å². The van der Waals surface area contributed by atoms with E-state index in [0.29, 0.717) is 0 Å². The van der Waals surface area contributed by atoms with Crippen LogP contribution in [0.2, 0.25) is 0 Å². The molecule has 0 aromatic heterocycles. The van der Waals surface area contributed by atoms with Crippen molar-refractivity contribution in [2.24, 2.45) is 0 Å². The van der Waals surface area contributed by atoms with Crippen LogP contribution in [0, 0.1) is 30.1 Å². The van der Waals surface area contributed by atoms with Gasteiger partial charge in [-0.1, -0.05) is 59.7 Å². The number of rotatable bonds is 1. The van der Waals surface area contributed by atoms with Gasteiger partial charge in [-0.3, -0.25) is 0 Å². The molecule has 0 aliphatic carbocycles. The van der Waals surface area contributed by atoms with Gasteiger partial charge in [0.05, 0.1) is 0 Å². The van der Waals surface area contributed by atoms with Crippen LogP contribution in [-0.4, -0.2) is 18.2 Å². The molecule has 0 saturated heterocycles. The lowest BCUT2D eigenvalue weighted by Gasteiger charge is -2.03. The molecule has 0 aliphatic rings. The first-order valence-corrected chi connectivity index (χ1v) is 6.26. The monoisotopic (exact) mass is 311 g/mol. The Morgan fingerprint density at radius 1 is 0.652 bits per heavy atom. The van der Waals surface area contributed by atoms with Crippen LogP contribution in [0.4, 0.5) is 0 Å². The maximum absolute atomic E-state index is 8.35. The highest BCUT2D eigenvalue weighted by Gasteiger charge is 1.96. The van der Waals surface area contributed by atoms with E-state index in [9.17, 15) is 0 Å². The average molecular weight is 311 g/mol. The fourth-order valence-electron chi connectivity index (χ4n) is 1.65. The van der Waals surface area contributed by atoms with Crippen molar-refractivity contribution < 1.29 is 14.4 Å². The summed E-state index contributed by atoms with van der Waals surface area (Å²) in [6.45, 7) is 4.25. The van der Waals surface area contributed by atoms with Gasteiger partial charge >= 0.3 is 0 Å². The third-order valence-electron chi connectivity index (χ3n) is 2.37. The normalized spacial score (nSPS) is 7.22. The number of benzene rings is 2. The Morgan fingerprint density at radius 3 is 1.13 bits per heavy atom. The molecule has 2 aromatic carbocycles. The molecule has 3 N–H and O–H groups in total. The highest BCUT2D eigenvalue weighted by molar-refractivity contribution is 5.64. The summed E-state index contributed by atoms with van der Waals surface area (Å²) in [4.78, 5) is 25.0. The molecule has 0 bridgehead atoms. The summed E-state index contributed by atoms with van der Waals surface area (Å²) < 4.78 is 0. The van der Waals surface area contributed by atoms with Gasteiger partial charge in [-0.25, -0.2) is 30.6 Å². The van der Waals surface area contributed by atoms with Crippen molar-refractivity contribution in [3.05, 3.63) is 59.7 Å². The molecule has 0 fully saturated rings. The van der Waals surface area contributed by atoms with Gasteiger partial charge in [-0.2, -0.15) is 0 Å². The molecule has 23 heavy (non-hydrogen) atoms. The highest BCUT2D eigenvalue weighted by atomic mass is 16.1. The Labute approximate surface area is 134 Å². The third kappa shape index (κ3) is 12.1. The summed E-state index contributed by atoms with van der Waals surface area (Å²) in [5.41, 5.74) is 5.22. The highest BCUT2D eigenvalue weighted by Crippen LogP contribution is 2.20. The third-order valence-corrected chi connectivity index (χ3v) is 2.37. The Bertz CT molecular complexity index is 622. The summed E-state index contributed by atoms with van der Waals surface area (Å²) in [7, 11) is 0. The maximum atomic E-state index is 8.35. The second-order valence-electron chi connectivity index (χ2n) is 4.05. The Kier molecular flexibility index (Phi) is 14.2.